The lowest BCUT2D eigenvalue weighted by Gasteiger charge is -2.21. The highest BCUT2D eigenvalue weighted by Crippen LogP contribution is 2.59. The zero-order chi connectivity index (χ0) is 14.8. The van der Waals surface area contributed by atoms with E-state index in [1.807, 2.05) is 0 Å². The van der Waals surface area contributed by atoms with Gasteiger partial charge in [-0.1, -0.05) is 25.5 Å². The Kier molecular flexibility index (Phi) is 5.16. The first-order chi connectivity index (χ1) is 8.71. The summed E-state index contributed by atoms with van der Waals surface area (Å²) in [5, 5.41) is 9.68. The summed E-state index contributed by atoms with van der Waals surface area (Å²) < 4.78 is 4.88. The Morgan fingerprint density at radius 3 is 2.53 bits per heavy atom. The fourth-order valence-corrected chi connectivity index (χ4v) is 2.71. The molecule has 1 aliphatic rings. The first kappa shape index (κ1) is 16.2. The number of carbonyl (C=O) groups excluding carboxylic acids is 1. The first-order valence-electron chi connectivity index (χ1n) is 6.78. The number of aliphatic hydroxyl groups excluding tert-OH is 1. The van der Waals surface area contributed by atoms with E-state index in [2.05, 4.69) is 33.8 Å². The number of hydrogen-bond donors (Lipinski definition) is 1. The monoisotopic (exact) mass is 269 g/mol. The van der Waals surface area contributed by atoms with Crippen LogP contribution in [0.2, 0.25) is 0 Å². The van der Waals surface area contributed by atoms with Crippen LogP contribution in [0.1, 0.15) is 27.7 Å². The van der Waals surface area contributed by atoms with Crippen LogP contribution in [-0.2, 0) is 9.53 Å². The van der Waals surface area contributed by atoms with Crippen LogP contribution in [0.3, 0.4) is 0 Å². The molecule has 19 heavy (non-hydrogen) atoms. The molecule has 110 valence electrons. The molecule has 0 heterocycles. The maximum absolute atomic E-state index is 12.4. The molecule has 0 unspecified atom stereocenters. The van der Waals surface area contributed by atoms with Crippen molar-refractivity contribution in [3.63, 3.8) is 0 Å². The van der Waals surface area contributed by atoms with E-state index in [1.54, 1.807) is 19.1 Å². The number of ether oxygens (including phenoxy) is 1. The van der Waals surface area contributed by atoms with E-state index in [0.717, 1.165) is 0 Å². The van der Waals surface area contributed by atoms with Crippen molar-refractivity contribution in [2.45, 2.75) is 33.8 Å². The lowest BCUT2D eigenvalue weighted by molar-refractivity contribution is -0.133. The summed E-state index contributed by atoms with van der Waals surface area (Å²) in [4.78, 5) is 14.0. The number of likely N-dealkylation sites (N-methyl/N-ethyl adjacent to an activating group) is 1. The van der Waals surface area contributed by atoms with Crippen LogP contribution in [0.5, 0.6) is 0 Å². The van der Waals surface area contributed by atoms with Crippen LogP contribution in [0.4, 0.5) is 0 Å². The van der Waals surface area contributed by atoms with Gasteiger partial charge in [0, 0.05) is 20.7 Å². The molecule has 3 atom stereocenters. The second kappa shape index (κ2) is 6.06. The van der Waals surface area contributed by atoms with Crippen molar-refractivity contribution in [2.24, 2.45) is 17.3 Å². The molecule has 0 aliphatic heterocycles. The molecule has 0 aromatic rings. The van der Waals surface area contributed by atoms with Crippen LogP contribution in [0.15, 0.2) is 11.6 Å². The summed E-state index contributed by atoms with van der Waals surface area (Å²) in [6.07, 6.45) is 1.56. The molecule has 1 rings (SSSR count). The van der Waals surface area contributed by atoms with Crippen LogP contribution in [-0.4, -0.2) is 49.3 Å². The van der Waals surface area contributed by atoms with Crippen LogP contribution in [0, 0.1) is 17.3 Å². The molecule has 1 aliphatic carbocycles. The third kappa shape index (κ3) is 3.80. The maximum Gasteiger partial charge on any atom is 0.226 e. The number of aliphatic hydroxyl groups is 1. The van der Waals surface area contributed by atoms with Gasteiger partial charge in [0.25, 0.3) is 0 Å². The van der Waals surface area contributed by atoms with E-state index in [9.17, 15) is 9.90 Å². The molecule has 0 bridgehead atoms. The Labute approximate surface area is 116 Å². The van der Waals surface area contributed by atoms with Gasteiger partial charge in [0.15, 0.2) is 0 Å². The molecule has 0 saturated heterocycles. The van der Waals surface area contributed by atoms with Crippen molar-refractivity contribution < 1.29 is 14.6 Å². The van der Waals surface area contributed by atoms with Crippen molar-refractivity contribution >= 4 is 5.91 Å². The number of methoxy groups -OCH3 is 1. The molecular weight excluding hydrogens is 242 g/mol. The summed E-state index contributed by atoms with van der Waals surface area (Å²) in [7, 11) is 3.29. The largest absolute Gasteiger partial charge is 0.389 e. The smallest absolute Gasteiger partial charge is 0.226 e. The van der Waals surface area contributed by atoms with Crippen LogP contribution >= 0.6 is 0 Å². The van der Waals surface area contributed by atoms with E-state index < -0.39 is 6.10 Å². The minimum atomic E-state index is -0.622. The van der Waals surface area contributed by atoms with Gasteiger partial charge in [-0.25, -0.2) is 0 Å². The predicted molar refractivity (Wildman–Crippen MR) is 75.7 cm³/mol. The quantitative estimate of drug-likeness (QED) is 0.747. The minimum Gasteiger partial charge on any atom is -0.389 e. The van der Waals surface area contributed by atoms with Gasteiger partial charge in [-0.15, -0.1) is 0 Å². The molecule has 1 saturated carbocycles. The summed E-state index contributed by atoms with van der Waals surface area (Å²) >= 11 is 0. The number of amides is 1. The molecule has 1 fully saturated rings. The van der Waals surface area contributed by atoms with E-state index in [0.29, 0.717) is 12.5 Å². The molecular formula is C15H27NO3. The Bertz CT molecular complexity index is 358. The second-order valence-electron chi connectivity index (χ2n) is 6.40. The summed E-state index contributed by atoms with van der Waals surface area (Å²) in [5.74, 6) is 0.455. The first-order valence-corrected chi connectivity index (χ1v) is 6.78. The Balaban J connectivity index is 2.61. The van der Waals surface area contributed by atoms with E-state index in [4.69, 9.17) is 4.74 Å². The highest BCUT2D eigenvalue weighted by molar-refractivity contribution is 5.83. The minimum absolute atomic E-state index is 0.0226. The molecule has 1 N–H and O–H groups in total. The van der Waals surface area contributed by atoms with Gasteiger partial charge in [-0.3, -0.25) is 4.79 Å². The standard InChI is InChI=1S/C15H27NO3/c1-10(2)7-12-13(15(12,3)4)14(18)16(5)8-11(17)9-19-6/h7,11-13,17H,8-9H2,1-6H3/t11-,12+,13-/m1/s1. The number of rotatable bonds is 6. The molecule has 0 aromatic heterocycles. The van der Waals surface area contributed by atoms with Crippen molar-refractivity contribution in [3.8, 4) is 0 Å². The van der Waals surface area contributed by atoms with E-state index in [-0.39, 0.29) is 23.8 Å². The van der Waals surface area contributed by atoms with Crippen LogP contribution < -0.4 is 0 Å². The molecule has 0 spiro atoms. The topological polar surface area (TPSA) is 49.8 Å². The summed E-state index contributed by atoms with van der Waals surface area (Å²) in [5.41, 5.74) is 1.27. The maximum atomic E-state index is 12.4. The van der Waals surface area contributed by atoms with Gasteiger partial charge in [0.2, 0.25) is 5.91 Å². The highest BCUT2D eigenvalue weighted by Gasteiger charge is 2.60. The third-order valence-corrected chi connectivity index (χ3v) is 3.91. The zero-order valence-electron chi connectivity index (χ0n) is 12.9. The van der Waals surface area contributed by atoms with Gasteiger partial charge in [0.05, 0.1) is 18.6 Å². The van der Waals surface area contributed by atoms with E-state index >= 15 is 0 Å². The number of nitrogens with zero attached hydrogens (tertiary/aromatic N) is 1. The van der Waals surface area contributed by atoms with Crippen molar-refractivity contribution in [3.05, 3.63) is 11.6 Å². The average molecular weight is 269 g/mol. The Hall–Kier alpha value is -0.870. The lowest BCUT2D eigenvalue weighted by Crippen LogP contribution is -2.37. The van der Waals surface area contributed by atoms with Gasteiger partial charge >= 0.3 is 0 Å². The fraction of sp³-hybridized carbons (Fsp3) is 0.800. The molecule has 0 radical (unpaired) electrons. The summed E-state index contributed by atoms with van der Waals surface area (Å²) in [6.45, 7) is 8.94. The average Bonchev–Trinajstić information content (AvgIpc) is 2.78. The lowest BCUT2D eigenvalue weighted by atomic mass is 10.1. The van der Waals surface area contributed by atoms with Gasteiger partial charge < -0.3 is 14.7 Å². The number of carbonyl (C=O) groups is 1. The fourth-order valence-electron chi connectivity index (χ4n) is 2.71. The van der Waals surface area contributed by atoms with Gasteiger partial charge in [-0.2, -0.15) is 0 Å². The Morgan fingerprint density at radius 1 is 1.47 bits per heavy atom. The van der Waals surface area contributed by atoms with Crippen molar-refractivity contribution in [1.82, 2.24) is 4.90 Å². The second-order valence-corrected chi connectivity index (χ2v) is 6.40. The zero-order valence-corrected chi connectivity index (χ0v) is 12.9. The van der Waals surface area contributed by atoms with E-state index in [1.165, 1.54) is 5.57 Å². The number of hydrogen-bond acceptors (Lipinski definition) is 3. The summed E-state index contributed by atoms with van der Waals surface area (Å²) in [6, 6.07) is 0. The molecule has 4 heteroatoms. The number of allylic oxidation sites excluding steroid dienone is 2. The van der Waals surface area contributed by atoms with Crippen molar-refractivity contribution in [1.29, 1.82) is 0 Å². The normalized spacial score (nSPS) is 25.6. The highest BCUT2D eigenvalue weighted by atomic mass is 16.5. The van der Waals surface area contributed by atoms with Gasteiger partial charge in [-0.05, 0) is 25.2 Å². The Morgan fingerprint density at radius 2 is 2.05 bits per heavy atom. The SMILES string of the molecule is COC[C@H](O)CN(C)C(=O)[C@H]1[C@H](C=C(C)C)C1(C)C. The molecule has 0 aromatic carbocycles. The van der Waals surface area contributed by atoms with Crippen LogP contribution in [0.25, 0.3) is 0 Å². The molecule has 4 nitrogen and oxygen atoms in total. The predicted octanol–water partition coefficient (Wildman–Crippen LogP) is 1.69. The van der Waals surface area contributed by atoms with Crippen molar-refractivity contribution in [2.75, 3.05) is 27.3 Å². The molecule has 1 amide bonds. The third-order valence-electron chi connectivity index (χ3n) is 3.91. The van der Waals surface area contributed by atoms with Gasteiger partial charge in [0.1, 0.15) is 0 Å².